The van der Waals surface area contributed by atoms with Crippen LogP contribution < -0.4 is 15.8 Å². The Hall–Kier alpha value is -2.92. The lowest BCUT2D eigenvalue weighted by Gasteiger charge is -2.21. The maximum Gasteiger partial charge on any atom is 0.271 e. The van der Waals surface area contributed by atoms with Gasteiger partial charge in [0, 0.05) is 18.7 Å². The second kappa shape index (κ2) is 8.84. The van der Waals surface area contributed by atoms with Crippen molar-refractivity contribution < 1.29 is 22.7 Å². The molecule has 30 heavy (non-hydrogen) atoms. The van der Waals surface area contributed by atoms with Crippen LogP contribution in [0.25, 0.3) is 0 Å². The highest BCUT2D eigenvalue weighted by molar-refractivity contribution is 7.89. The minimum absolute atomic E-state index is 0.0707. The molecule has 0 radical (unpaired) electrons. The number of primary amides is 1. The SMILES string of the molecule is COc1ccc(C(=O)Nc2c(C(N)=O)n[nH]c2C)cc1S(=O)(=O)N1CCCCCC1. The maximum absolute atomic E-state index is 13.2. The molecule has 1 aliphatic heterocycles. The number of nitrogens with zero attached hydrogens (tertiary/aromatic N) is 2. The van der Waals surface area contributed by atoms with Gasteiger partial charge in [-0.2, -0.15) is 9.40 Å². The van der Waals surface area contributed by atoms with Crippen molar-refractivity contribution in [3.63, 3.8) is 0 Å². The number of benzene rings is 1. The van der Waals surface area contributed by atoms with E-state index < -0.39 is 21.8 Å². The average Bonchev–Trinajstić information content (AvgIpc) is 2.92. The molecular formula is C19H25N5O5S. The van der Waals surface area contributed by atoms with Gasteiger partial charge in [-0.15, -0.1) is 0 Å². The second-order valence-corrected chi connectivity index (χ2v) is 8.98. The Morgan fingerprint density at radius 3 is 2.47 bits per heavy atom. The highest BCUT2D eigenvalue weighted by atomic mass is 32.2. The Kier molecular flexibility index (Phi) is 6.42. The number of nitrogens with two attached hydrogens (primary N) is 1. The smallest absolute Gasteiger partial charge is 0.271 e. The van der Waals surface area contributed by atoms with Crippen molar-refractivity contribution in [2.75, 3.05) is 25.5 Å². The van der Waals surface area contributed by atoms with E-state index in [4.69, 9.17) is 10.5 Å². The molecule has 0 aliphatic carbocycles. The summed E-state index contributed by atoms with van der Waals surface area (Å²) < 4.78 is 33.2. The number of methoxy groups -OCH3 is 1. The molecule has 11 heteroatoms. The largest absolute Gasteiger partial charge is 0.495 e. The van der Waals surface area contributed by atoms with Crippen LogP contribution in [0.1, 0.15) is 52.2 Å². The van der Waals surface area contributed by atoms with Crippen molar-refractivity contribution >= 4 is 27.5 Å². The number of rotatable bonds is 6. The third-order valence-electron chi connectivity index (χ3n) is 5.03. The Morgan fingerprint density at radius 1 is 1.20 bits per heavy atom. The first-order chi connectivity index (χ1) is 14.3. The second-order valence-electron chi connectivity index (χ2n) is 7.07. The van der Waals surface area contributed by atoms with Crippen LogP contribution in [0.2, 0.25) is 0 Å². The van der Waals surface area contributed by atoms with E-state index in [0.717, 1.165) is 25.7 Å². The number of sulfonamides is 1. The number of ether oxygens (including phenoxy) is 1. The lowest BCUT2D eigenvalue weighted by Crippen LogP contribution is -2.32. The number of aromatic amines is 1. The van der Waals surface area contributed by atoms with Gasteiger partial charge in [0.25, 0.3) is 11.8 Å². The molecule has 10 nitrogen and oxygen atoms in total. The molecule has 1 aliphatic rings. The fraction of sp³-hybridized carbons (Fsp3) is 0.421. The first kappa shape index (κ1) is 21.8. The van der Waals surface area contributed by atoms with Gasteiger partial charge in [0.05, 0.1) is 18.5 Å². The summed E-state index contributed by atoms with van der Waals surface area (Å²) in [6.45, 7) is 2.48. The average molecular weight is 436 g/mol. The molecule has 0 saturated carbocycles. The topological polar surface area (TPSA) is 147 Å². The van der Waals surface area contributed by atoms with Gasteiger partial charge >= 0.3 is 0 Å². The molecule has 1 fully saturated rings. The van der Waals surface area contributed by atoms with Crippen molar-refractivity contribution in [3.8, 4) is 5.75 Å². The van der Waals surface area contributed by atoms with E-state index in [1.165, 1.54) is 29.6 Å². The molecule has 162 valence electrons. The number of carbonyl (C=O) groups excluding carboxylic acids is 2. The van der Waals surface area contributed by atoms with Crippen molar-refractivity contribution in [1.29, 1.82) is 0 Å². The molecule has 4 N–H and O–H groups in total. The zero-order chi connectivity index (χ0) is 21.9. The molecule has 1 aromatic carbocycles. The molecule has 2 heterocycles. The number of nitrogens with one attached hydrogen (secondary N) is 2. The van der Waals surface area contributed by atoms with E-state index in [0.29, 0.717) is 18.8 Å². The van der Waals surface area contributed by atoms with Crippen molar-refractivity contribution in [1.82, 2.24) is 14.5 Å². The Balaban J connectivity index is 1.95. The third-order valence-corrected chi connectivity index (χ3v) is 6.95. The summed E-state index contributed by atoms with van der Waals surface area (Å²) in [5.41, 5.74) is 5.88. The van der Waals surface area contributed by atoms with Crippen LogP contribution in [0.5, 0.6) is 5.75 Å². The van der Waals surface area contributed by atoms with Crippen LogP contribution in [-0.2, 0) is 10.0 Å². The number of hydrogen-bond acceptors (Lipinski definition) is 6. The van der Waals surface area contributed by atoms with E-state index in [1.807, 2.05) is 0 Å². The predicted molar refractivity (Wildman–Crippen MR) is 110 cm³/mol. The van der Waals surface area contributed by atoms with E-state index in [2.05, 4.69) is 15.5 Å². The van der Waals surface area contributed by atoms with E-state index >= 15 is 0 Å². The zero-order valence-corrected chi connectivity index (χ0v) is 17.7. The Labute approximate surface area is 174 Å². The van der Waals surface area contributed by atoms with Crippen LogP contribution in [0.4, 0.5) is 5.69 Å². The van der Waals surface area contributed by atoms with Gasteiger partial charge in [-0.25, -0.2) is 8.42 Å². The summed E-state index contributed by atoms with van der Waals surface area (Å²) in [6.07, 6.45) is 3.55. The molecule has 0 atom stereocenters. The number of aromatic nitrogens is 2. The molecule has 1 aromatic heterocycles. The predicted octanol–water partition coefficient (Wildman–Crippen LogP) is 1.64. The minimum Gasteiger partial charge on any atom is -0.495 e. The standard InChI is InChI=1S/C19H25N5O5S/c1-12-16(17(18(20)25)23-22-12)21-19(26)13-7-8-14(29-2)15(11-13)30(27,28)24-9-5-3-4-6-10-24/h7-8,11H,3-6,9-10H2,1-2H3,(H2,20,25)(H,21,26)(H,22,23). The molecule has 1 saturated heterocycles. The van der Waals surface area contributed by atoms with E-state index in [-0.39, 0.29) is 27.6 Å². The highest BCUT2D eigenvalue weighted by Gasteiger charge is 2.29. The molecule has 0 spiro atoms. The van der Waals surface area contributed by atoms with Crippen molar-refractivity contribution in [2.45, 2.75) is 37.5 Å². The van der Waals surface area contributed by atoms with Crippen LogP contribution in [-0.4, -0.2) is 54.9 Å². The summed E-state index contributed by atoms with van der Waals surface area (Å²) in [4.78, 5) is 24.2. The lowest BCUT2D eigenvalue weighted by atomic mass is 10.2. The van der Waals surface area contributed by atoms with Gasteiger partial charge in [0.15, 0.2) is 5.69 Å². The summed E-state index contributed by atoms with van der Waals surface area (Å²) in [5, 5.41) is 8.95. The number of carbonyl (C=O) groups is 2. The van der Waals surface area contributed by atoms with Gasteiger partial charge in [0.2, 0.25) is 10.0 Å². The van der Waals surface area contributed by atoms with Gasteiger partial charge in [-0.05, 0) is 38.0 Å². The molecule has 0 bridgehead atoms. The summed E-state index contributed by atoms with van der Waals surface area (Å²) in [7, 11) is -2.46. The molecular weight excluding hydrogens is 410 g/mol. The summed E-state index contributed by atoms with van der Waals surface area (Å²) >= 11 is 0. The number of aryl methyl sites for hydroxylation is 1. The number of anilines is 1. The van der Waals surface area contributed by atoms with Gasteiger partial charge in [-0.1, -0.05) is 12.8 Å². The highest BCUT2D eigenvalue weighted by Crippen LogP contribution is 2.30. The number of amides is 2. The Bertz CT molecular complexity index is 1060. The van der Waals surface area contributed by atoms with Crippen molar-refractivity contribution in [3.05, 3.63) is 35.2 Å². The fourth-order valence-corrected chi connectivity index (χ4v) is 5.09. The molecule has 3 rings (SSSR count). The molecule has 2 aromatic rings. The number of H-pyrrole nitrogens is 1. The van der Waals surface area contributed by atoms with Crippen LogP contribution >= 0.6 is 0 Å². The van der Waals surface area contributed by atoms with Gasteiger partial charge < -0.3 is 15.8 Å². The normalized spacial score (nSPS) is 15.4. The van der Waals surface area contributed by atoms with Gasteiger partial charge in [-0.3, -0.25) is 14.7 Å². The first-order valence-corrected chi connectivity index (χ1v) is 11.0. The zero-order valence-electron chi connectivity index (χ0n) is 16.9. The van der Waals surface area contributed by atoms with Crippen LogP contribution in [0, 0.1) is 6.92 Å². The third kappa shape index (κ3) is 4.31. The van der Waals surface area contributed by atoms with E-state index in [9.17, 15) is 18.0 Å². The van der Waals surface area contributed by atoms with E-state index in [1.54, 1.807) is 6.92 Å². The molecule has 0 unspecified atom stereocenters. The minimum atomic E-state index is -3.84. The van der Waals surface area contributed by atoms with Crippen molar-refractivity contribution in [2.24, 2.45) is 5.73 Å². The summed E-state index contributed by atoms with van der Waals surface area (Å²) in [5.74, 6) is -1.24. The van der Waals surface area contributed by atoms with Gasteiger partial charge in [0.1, 0.15) is 10.6 Å². The van der Waals surface area contributed by atoms with Crippen LogP contribution in [0.15, 0.2) is 23.1 Å². The number of hydrogen-bond donors (Lipinski definition) is 3. The first-order valence-electron chi connectivity index (χ1n) is 9.60. The molecule has 2 amide bonds. The Morgan fingerprint density at radius 2 is 1.87 bits per heavy atom. The van der Waals surface area contributed by atoms with Crippen LogP contribution in [0.3, 0.4) is 0 Å². The quantitative estimate of drug-likeness (QED) is 0.628. The lowest BCUT2D eigenvalue weighted by molar-refractivity contribution is 0.0996. The summed E-state index contributed by atoms with van der Waals surface area (Å²) in [6, 6.07) is 4.18. The maximum atomic E-state index is 13.2. The fourth-order valence-electron chi connectivity index (χ4n) is 3.39. The monoisotopic (exact) mass is 435 g/mol.